The molecule has 4 rings (SSSR count). The van der Waals surface area contributed by atoms with Crippen LogP contribution in [0.1, 0.15) is 48.0 Å². The standard InChI is InChI=1S/C33H46O3SeSi2/c1-32(2,3)38(7,8)36-29-24-31(37-26-18-12-9-13-19-26)35-30(29)25-34-39(33(4,5)6,27-20-14-10-15-21-27)28-22-16-11-17-23-28/h9-23,29-31H,24-25H2,1-8H3/t29-,30+,31?/m0/s1. The Balaban J connectivity index is 1.67. The number of rotatable bonds is 9. The van der Waals surface area contributed by atoms with E-state index in [2.05, 4.69) is 146 Å². The Morgan fingerprint density at radius 3 is 1.69 bits per heavy atom. The van der Waals surface area contributed by atoms with Crippen LogP contribution in [0.5, 0.6) is 0 Å². The minimum absolute atomic E-state index is 0.0414. The Hall–Kier alpha value is -1.51. The van der Waals surface area contributed by atoms with Crippen molar-refractivity contribution >= 4 is 46.4 Å². The summed E-state index contributed by atoms with van der Waals surface area (Å²) in [4.78, 5) is 0. The van der Waals surface area contributed by atoms with E-state index in [-0.39, 0.29) is 42.2 Å². The third-order valence-electron chi connectivity index (χ3n) is 8.31. The molecule has 0 N–H and O–H groups in total. The quantitative estimate of drug-likeness (QED) is 0.269. The SMILES string of the molecule is CC(C)(C)[Si](C)(C)O[C@H]1CC([Se]c2ccccc2)O[C@@H]1CO[Si](c1ccccc1)(c1ccccc1)C(C)(C)C. The van der Waals surface area contributed by atoms with Gasteiger partial charge in [-0.1, -0.05) is 0 Å². The molecule has 0 bridgehead atoms. The molecule has 0 amide bonds. The Morgan fingerprint density at radius 2 is 1.23 bits per heavy atom. The molecule has 1 fully saturated rings. The molecule has 3 aromatic rings. The van der Waals surface area contributed by atoms with Gasteiger partial charge in [-0.15, -0.1) is 0 Å². The third kappa shape index (κ3) is 6.87. The first kappa shape index (κ1) is 30.5. The normalized spacial score (nSPS) is 20.8. The van der Waals surface area contributed by atoms with E-state index in [0.717, 1.165) is 6.42 Å². The van der Waals surface area contributed by atoms with Crippen LogP contribution in [0.15, 0.2) is 91.0 Å². The van der Waals surface area contributed by atoms with Crippen LogP contribution in [0.3, 0.4) is 0 Å². The summed E-state index contributed by atoms with van der Waals surface area (Å²) in [5.41, 5.74) is 0. The molecule has 1 heterocycles. The molecule has 1 aliphatic heterocycles. The van der Waals surface area contributed by atoms with Crippen LogP contribution in [0, 0.1) is 0 Å². The van der Waals surface area contributed by atoms with E-state index in [4.69, 9.17) is 13.6 Å². The zero-order valence-corrected chi connectivity index (χ0v) is 28.7. The molecule has 1 unspecified atom stereocenters. The van der Waals surface area contributed by atoms with Crippen LogP contribution in [-0.2, 0) is 13.6 Å². The van der Waals surface area contributed by atoms with Crippen molar-refractivity contribution in [2.45, 2.75) is 88.3 Å². The molecule has 0 saturated carbocycles. The van der Waals surface area contributed by atoms with Crippen molar-refractivity contribution in [2.75, 3.05) is 6.61 Å². The van der Waals surface area contributed by atoms with Crippen molar-refractivity contribution in [1.29, 1.82) is 0 Å². The average molecular weight is 626 g/mol. The zero-order valence-electron chi connectivity index (χ0n) is 24.9. The van der Waals surface area contributed by atoms with Gasteiger partial charge in [0.25, 0.3) is 0 Å². The first-order valence-electron chi connectivity index (χ1n) is 14.1. The maximum absolute atomic E-state index is 7.34. The summed E-state index contributed by atoms with van der Waals surface area (Å²) >= 11 is 0.225. The molecule has 3 aromatic carbocycles. The van der Waals surface area contributed by atoms with Crippen molar-refractivity contribution in [3.8, 4) is 0 Å². The molecule has 39 heavy (non-hydrogen) atoms. The van der Waals surface area contributed by atoms with Gasteiger partial charge in [-0.25, -0.2) is 0 Å². The first-order chi connectivity index (χ1) is 18.3. The van der Waals surface area contributed by atoms with E-state index >= 15 is 0 Å². The monoisotopic (exact) mass is 626 g/mol. The topological polar surface area (TPSA) is 27.7 Å². The molecule has 0 radical (unpaired) electrons. The molecule has 3 atom stereocenters. The predicted molar refractivity (Wildman–Crippen MR) is 171 cm³/mol. The van der Waals surface area contributed by atoms with Crippen LogP contribution in [-0.4, -0.2) is 55.4 Å². The molecule has 6 heteroatoms. The molecule has 3 nitrogen and oxygen atoms in total. The molecule has 1 aliphatic rings. The second-order valence-corrected chi connectivity index (χ2v) is 24.8. The second-order valence-electron chi connectivity index (χ2n) is 13.2. The van der Waals surface area contributed by atoms with Gasteiger partial charge in [0.2, 0.25) is 0 Å². The summed E-state index contributed by atoms with van der Waals surface area (Å²) < 4.78 is 22.6. The van der Waals surface area contributed by atoms with E-state index in [1.807, 2.05) is 0 Å². The van der Waals surface area contributed by atoms with Crippen LogP contribution < -0.4 is 14.8 Å². The average Bonchev–Trinajstić information content (AvgIpc) is 3.25. The predicted octanol–water partition coefficient (Wildman–Crippen LogP) is 6.10. The minimum atomic E-state index is -2.66. The van der Waals surface area contributed by atoms with Crippen LogP contribution in [0.4, 0.5) is 0 Å². The summed E-state index contributed by atoms with van der Waals surface area (Å²) in [6.07, 6.45) is 0.881. The number of benzene rings is 3. The van der Waals surface area contributed by atoms with Crippen molar-refractivity contribution < 1.29 is 13.6 Å². The Bertz CT molecular complexity index is 1130. The van der Waals surface area contributed by atoms with Crippen molar-refractivity contribution in [3.05, 3.63) is 91.0 Å². The zero-order chi connectivity index (χ0) is 28.3. The van der Waals surface area contributed by atoms with Gasteiger partial charge in [-0.05, 0) is 0 Å². The van der Waals surface area contributed by atoms with Gasteiger partial charge >= 0.3 is 246 Å². The van der Waals surface area contributed by atoms with Gasteiger partial charge in [0.1, 0.15) is 0 Å². The van der Waals surface area contributed by atoms with Crippen LogP contribution in [0.2, 0.25) is 23.2 Å². The van der Waals surface area contributed by atoms with Gasteiger partial charge in [-0.3, -0.25) is 0 Å². The van der Waals surface area contributed by atoms with Crippen molar-refractivity contribution in [2.24, 2.45) is 0 Å². The van der Waals surface area contributed by atoms with E-state index in [1.54, 1.807) is 0 Å². The van der Waals surface area contributed by atoms with E-state index < -0.39 is 16.6 Å². The molecule has 0 aromatic heterocycles. The molecule has 0 aliphatic carbocycles. The number of hydrogen-bond donors (Lipinski definition) is 0. The summed E-state index contributed by atoms with van der Waals surface area (Å²) in [5, 5.41) is 2.85. The second kappa shape index (κ2) is 12.2. The Labute approximate surface area is 245 Å². The summed E-state index contributed by atoms with van der Waals surface area (Å²) in [5.74, 6) is 0. The van der Waals surface area contributed by atoms with Gasteiger partial charge in [0.15, 0.2) is 0 Å². The fourth-order valence-corrected chi connectivity index (χ4v) is 13.4. The van der Waals surface area contributed by atoms with Gasteiger partial charge in [-0.2, -0.15) is 0 Å². The number of ether oxygens (including phenoxy) is 1. The molecule has 210 valence electrons. The fourth-order valence-electron chi connectivity index (χ4n) is 5.20. The molecular weight excluding hydrogens is 579 g/mol. The summed E-state index contributed by atoms with van der Waals surface area (Å²) in [6, 6.07) is 32.5. The molecule has 0 spiro atoms. The van der Waals surface area contributed by atoms with Gasteiger partial charge in [0, 0.05) is 0 Å². The van der Waals surface area contributed by atoms with E-state index in [9.17, 15) is 0 Å². The maximum atomic E-state index is 7.34. The summed E-state index contributed by atoms with van der Waals surface area (Å²) in [7, 11) is -4.65. The first-order valence-corrected chi connectivity index (χ1v) is 20.8. The third-order valence-corrected chi connectivity index (χ3v) is 20.1. The summed E-state index contributed by atoms with van der Waals surface area (Å²) in [6.45, 7) is 19.2. The number of hydrogen-bond acceptors (Lipinski definition) is 3. The molecule has 1 saturated heterocycles. The van der Waals surface area contributed by atoms with Crippen molar-refractivity contribution in [1.82, 2.24) is 0 Å². The Kier molecular flexibility index (Phi) is 9.49. The van der Waals surface area contributed by atoms with Crippen LogP contribution in [0.25, 0.3) is 0 Å². The fraction of sp³-hybridized carbons (Fsp3) is 0.455. The van der Waals surface area contributed by atoms with E-state index in [0.29, 0.717) is 6.61 Å². The van der Waals surface area contributed by atoms with Crippen molar-refractivity contribution in [3.63, 3.8) is 0 Å². The Morgan fingerprint density at radius 1 is 0.744 bits per heavy atom. The van der Waals surface area contributed by atoms with Gasteiger partial charge in [0.05, 0.1) is 0 Å². The van der Waals surface area contributed by atoms with E-state index in [1.165, 1.54) is 14.8 Å². The van der Waals surface area contributed by atoms with Gasteiger partial charge < -0.3 is 0 Å². The molecular formula is C33H46O3SeSi2. The van der Waals surface area contributed by atoms with Crippen LogP contribution >= 0.6 is 0 Å².